The summed E-state index contributed by atoms with van der Waals surface area (Å²) in [6, 6.07) is 14.7. The number of hydrogen-bond donors (Lipinski definition) is 1. The zero-order chi connectivity index (χ0) is 19.9. The van der Waals surface area contributed by atoms with Crippen molar-refractivity contribution in [2.45, 2.75) is 13.5 Å². The zero-order valence-corrected chi connectivity index (χ0v) is 15.7. The minimum Gasteiger partial charge on any atom is -0.483 e. The molecule has 0 saturated carbocycles. The SMILES string of the molecule is COC(=O)c1ccccc1Cn1cc(NC(=O)COc2ccccc2C)cn1. The molecule has 7 heteroatoms. The summed E-state index contributed by atoms with van der Waals surface area (Å²) in [5, 5.41) is 6.98. The summed E-state index contributed by atoms with van der Waals surface area (Å²) in [5.41, 5.74) is 2.78. The molecule has 0 bridgehead atoms. The lowest BCUT2D eigenvalue weighted by Gasteiger charge is -2.08. The van der Waals surface area contributed by atoms with Gasteiger partial charge >= 0.3 is 5.97 Å². The Morgan fingerprint density at radius 3 is 2.64 bits per heavy atom. The number of hydrogen-bond acceptors (Lipinski definition) is 5. The molecule has 1 aromatic heterocycles. The molecule has 0 spiro atoms. The summed E-state index contributed by atoms with van der Waals surface area (Å²) in [7, 11) is 1.35. The highest BCUT2D eigenvalue weighted by Crippen LogP contribution is 2.16. The molecule has 3 rings (SSSR count). The molecule has 0 atom stereocenters. The Bertz CT molecular complexity index is 981. The van der Waals surface area contributed by atoms with Gasteiger partial charge in [-0.15, -0.1) is 0 Å². The maximum absolute atomic E-state index is 12.1. The number of aryl methyl sites for hydroxylation is 1. The second-order valence-electron chi connectivity index (χ2n) is 6.18. The third-order valence-corrected chi connectivity index (χ3v) is 4.12. The molecule has 0 aliphatic carbocycles. The van der Waals surface area contributed by atoms with Crippen LogP contribution in [0.25, 0.3) is 0 Å². The second kappa shape index (κ2) is 8.85. The number of ether oxygens (including phenoxy) is 2. The van der Waals surface area contributed by atoms with E-state index < -0.39 is 5.97 Å². The Kier molecular flexibility index (Phi) is 6.06. The van der Waals surface area contributed by atoms with Crippen LogP contribution in [0.15, 0.2) is 60.9 Å². The topological polar surface area (TPSA) is 82.5 Å². The molecule has 2 aromatic carbocycles. The van der Waals surface area contributed by atoms with Gasteiger partial charge in [0.1, 0.15) is 5.75 Å². The second-order valence-corrected chi connectivity index (χ2v) is 6.18. The number of carbonyl (C=O) groups excluding carboxylic acids is 2. The van der Waals surface area contributed by atoms with E-state index in [0.717, 1.165) is 11.1 Å². The van der Waals surface area contributed by atoms with Gasteiger partial charge < -0.3 is 14.8 Å². The summed E-state index contributed by atoms with van der Waals surface area (Å²) < 4.78 is 12.0. The quantitative estimate of drug-likeness (QED) is 0.638. The number of amides is 1. The van der Waals surface area contributed by atoms with Crippen molar-refractivity contribution in [2.24, 2.45) is 0 Å². The van der Waals surface area contributed by atoms with E-state index in [1.165, 1.54) is 7.11 Å². The van der Waals surface area contributed by atoms with Crippen LogP contribution in [0.3, 0.4) is 0 Å². The van der Waals surface area contributed by atoms with E-state index in [1.807, 2.05) is 43.3 Å². The van der Waals surface area contributed by atoms with Gasteiger partial charge in [0.2, 0.25) is 0 Å². The minimum atomic E-state index is -0.398. The number of rotatable bonds is 7. The molecule has 1 amide bonds. The van der Waals surface area contributed by atoms with Crippen molar-refractivity contribution in [3.05, 3.63) is 77.6 Å². The summed E-state index contributed by atoms with van der Waals surface area (Å²) in [6.07, 6.45) is 3.24. The van der Waals surface area contributed by atoms with Gasteiger partial charge in [-0.3, -0.25) is 9.48 Å². The number of methoxy groups -OCH3 is 1. The van der Waals surface area contributed by atoms with Crippen LogP contribution in [0.5, 0.6) is 5.75 Å². The molecule has 0 aliphatic heterocycles. The van der Waals surface area contributed by atoms with Crippen molar-refractivity contribution < 1.29 is 19.1 Å². The lowest BCUT2D eigenvalue weighted by Crippen LogP contribution is -2.20. The highest BCUT2D eigenvalue weighted by atomic mass is 16.5. The lowest BCUT2D eigenvalue weighted by atomic mass is 10.1. The number of benzene rings is 2. The fourth-order valence-corrected chi connectivity index (χ4v) is 2.72. The molecule has 1 heterocycles. The summed E-state index contributed by atoms with van der Waals surface area (Å²) >= 11 is 0. The van der Waals surface area contributed by atoms with Crippen LogP contribution in [-0.2, 0) is 16.1 Å². The van der Waals surface area contributed by atoms with E-state index >= 15 is 0 Å². The number of aromatic nitrogens is 2. The first-order valence-electron chi connectivity index (χ1n) is 8.74. The largest absolute Gasteiger partial charge is 0.483 e. The normalized spacial score (nSPS) is 10.4. The van der Waals surface area contributed by atoms with Crippen molar-refractivity contribution in [3.63, 3.8) is 0 Å². The van der Waals surface area contributed by atoms with Crippen LogP contribution in [0.1, 0.15) is 21.5 Å². The third-order valence-electron chi connectivity index (χ3n) is 4.12. The Hall–Kier alpha value is -3.61. The van der Waals surface area contributed by atoms with Gasteiger partial charge in [-0.05, 0) is 30.2 Å². The minimum absolute atomic E-state index is 0.0960. The van der Waals surface area contributed by atoms with Gasteiger partial charge in [0, 0.05) is 6.20 Å². The average Bonchev–Trinajstić information content (AvgIpc) is 3.14. The van der Waals surface area contributed by atoms with Crippen molar-refractivity contribution in [1.29, 1.82) is 0 Å². The number of esters is 1. The zero-order valence-electron chi connectivity index (χ0n) is 15.7. The van der Waals surface area contributed by atoms with Crippen LogP contribution >= 0.6 is 0 Å². The fourth-order valence-electron chi connectivity index (χ4n) is 2.72. The van der Waals surface area contributed by atoms with Gasteiger partial charge in [-0.1, -0.05) is 36.4 Å². The highest BCUT2D eigenvalue weighted by Gasteiger charge is 2.12. The number of para-hydroxylation sites is 1. The van der Waals surface area contributed by atoms with E-state index in [-0.39, 0.29) is 12.5 Å². The van der Waals surface area contributed by atoms with Gasteiger partial charge in [0.15, 0.2) is 6.61 Å². The lowest BCUT2D eigenvalue weighted by molar-refractivity contribution is -0.118. The summed E-state index contributed by atoms with van der Waals surface area (Å²) in [6.45, 7) is 2.20. The van der Waals surface area contributed by atoms with Gasteiger partial charge in [0.25, 0.3) is 5.91 Å². The third kappa shape index (κ3) is 4.76. The molecule has 144 valence electrons. The first kappa shape index (κ1) is 19.2. The van der Waals surface area contributed by atoms with Crippen LogP contribution < -0.4 is 10.1 Å². The first-order chi connectivity index (χ1) is 13.6. The van der Waals surface area contributed by atoms with Crippen molar-refractivity contribution in [2.75, 3.05) is 19.0 Å². The summed E-state index contributed by atoms with van der Waals surface area (Å²) in [4.78, 5) is 24.0. The predicted octanol–water partition coefficient (Wildman–Crippen LogP) is 3.04. The Morgan fingerprint density at radius 2 is 1.86 bits per heavy atom. The molecule has 1 N–H and O–H groups in total. The number of anilines is 1. The van der Waals surface area contributed by atoms with Gasteiger partial charge in [-0.2, -0.15) is 5.10 Å². The number of nitrogens with one attached hydrogen (secondary N) is 1. The van der Waals surface area contributed by atoms with E-state index in [9.17, 15) is 9.59 Å². The maximum atomic E-state index is 12.1. The van der Waals surface area contributed by atoms with Crippen molar-refractivity contribution in [1.82, 2.24) is 9.78 Å². The van der Waals surface area contributed by atoms with Crippen molar-refractivity contribution in [3.8, 4) is 5.75 Å². The van der Waals surface area contributed by atoms with Gasteiger partial charge in [0.05, 0.1) is 31.1 Å². The number of carbonyl (C=O) groups is 2. The molecule has 0 saturated heterocycles. The van der Waals surface area contributed by atoms with E-state index in [2.05, 4.69) is 10.4 Å². The van der Waals surface area contributed by atoms with E-state index in [4.69, 9.17) is 9.47 Å². The van der Waals surface area contributed by atoms with Crippen LogP contribution in [0.4, 0.5) is 5.69 Å². The van der Waals surface area contributed by atoms with Crippen molar-refractivity contribution >= 4 is 17.6 Å². The smallest absolute Gasteiger partial charge is 0.338 e. The number of nitrogens with zero attached hydrogens (tertiary/aromatic N) is 2. The highest BCUT2D eigenvalue weighted by molar-refractivity contribution is 5.92. The van der Waals surface area contributed by atoms with E-state index in [0.29, 0.717) is 23.5 Å². The molecule has 7 nitrogen and oxygen atoms in total. The Balaban J connectivity index is 1.59. The molecule has 3 aromatic rings. The predicted molar refractivity (Wildman–Crippen MR) is 104 cm³/mol. The molecular formula is C21H21N3O4. The molecule has 0 aliphatic rings. The van der Waals surface area contributed by atoms with Crippen LogP contribution in [-0.4, -0.2) is 35.4 Å². The standard InChI is InChI=1S/C21H21N3O4/c1-15-7-3-6-10-19(15)28-14-20(25)23-17-11-22-24(13-17)12-16-8-4-5-9-18(16)21(26)27-2/h3-11,13H,12,14H2,1-2H3,(H,23,25). The Labute approximate surface area is 162 Å². The maximum Gasteiger partial charge on any atom is 0.338 e. The molecule has 0 unspecified atom stereocenters. The fraction of sp³-hybridized carbons (Fsp3) is 0.190. The van der Waals surface area contributed by atoms with Crippen LogP contribution in [0.2, 0.25) is 0 Å². The first-order valence-corrected chi connectivity index (χ1v) is 8.74. The van der Waals surface area contributed by atoms with E-state index in [1.54, 1.807) is 29.2 Å². The van der Waals surface area contributed by atoms with Crippen LogP contribution in [0, 0.1) is 6.92 Å². The molecule has 0 fully saturated rings. The van der Waals surface area contributed by atoms with Gasteiger partial charge in [-0.25, -0.2) is 4.79 Å². The Morgan fingerprint density at radius 1 is 1.11 bits per heavy atom. The summed E-state index contributed by atoms with van der Waals surface area (Å²) in [5.74, 6) is -0.00448. The molecule has 0 radical (unpaired) electrons. The molecule has 28 heavy (non-hydrogen) atoms. The molecular weight excluding hydrogens is 358 g/mol. The monoisotopic (exact) mass is 379 g/mol. The average molecular weight is 379 g/mol.